The van der Waals surface area contributed by atoms with E-state index in [1.165, 1.54) is 71.1 Å². The first-order chi connectivity index (χ1) is 7.92. The SMILES string of the molecule is C1CC(CCN(CC2CC2)C2CC2)CCN1. The molecule has 2 heteroatoms. The van der Waals surface area contributed by atoms with Crippen molar-refractivity contribution in [1.29, 1.82) is 0 Å². The molecule has 0 bridgehead atoms. The second-order valence-electron chi connectivity index (χ2n) is 6.15. The Morgan fingerprint density at radius 1 is 0.875 bits per heavy atom. The molecule has 2 saturated carbocycles. The van der Waals surface area contributed by atoms with Crippen LogP contribution in [0.1, 0.15) is 44.9 Å². The Hall–Kier alpha value is -0.0800. The van der Waals surface area contributed by atoms with Crippen LogP contribution in [0.15, 0.2) is 0 Å². The second kappa shape index (κ2) is 5.05. The van der Waals surface area contributed by atoms with Crippen molar-refractivity contribution in [1.82, 2.24) is 10.2 Å². The smallest absolute Gasteiger partial charge is 0.00965 e. The Balaban J connectivity index is 1.39. The highest BCUT2D eigenvalue weighted by Crippen LogP contribution is 2.35. The first-order valence-corrected chi connectivity index (χ1v) is 7.36. The maximum absolute atomic E-state index is 3.47. The lowest BCUT2D eigenvalue weighted by Crippen LogP contribution is -2.33. The topological polar surface area (TPSA) is 15.3 Å². The molecule has 1 saturated heterocycles. The van der Waals surface area contributed by atoms with Gasteiger partial charge < -0.3 is 10.2 Å². The molecule has 0 unspecified atom stereocenters. The summed E-state index contributed by atoms with van der Waals surface area (Å²) in [5.41, 5.74) is 0. The summed E-state index contributed by atoms with van der Waals surface area (Å²) in [6.45, 7) is 5.34. The molecule has 3 aliphatic rings. The van der Waals surface area contributed by atoms with Crippen LogP contribution < -0.4 is 5.32 Å². The number of piperidine rings is 1. The van der Waals surface area contributed by atoms with E-state index in [0.717, 1.165) is 17.9 Å². The zero-order valence-electron chi connectivity index (χ0n) is 10.5. The minimum atomic E-state index is 0.988. The molecule has 2 nitrogen and oxygen atoms in total. The van der Waals surface area contributed by atoms with Gasteiger partial charge in [-0.25, -0.2) is 0 Å². The quantitative estimate of drug-likeness (QED) is 0.741. The summed E-state index contributed by atoms with van der Waals surface area (Å²) in [6.07, 6.45) is 10.3. The molecule has 1 N–H and O–H groups in total. The third kappa shape index (κ3) is 3.21. The van der Waals surface area contributed by atoms with Crippen LogP contribution >= 0.6 is 0 Å². The van der Waals surface area contributed by atoms with Crippen LogP contribution in [0.2, 0.25) is 0 Å². The Labute approximate surface area is 99.8 Å². The molecule has 0 amide bonds. The zero-order valence-corrected chi connectivity index (χ0v) is 10.5. The van der Waals surface area contributed by atoms with E-state index in [1.54, 1.807) is 0 Å². The van der Waals surface area contributed by atoms with Gasteiger partial charge in [-0.05, 0) is 76.4 Å². The number of hydrogen-bond donors (Lipinski definition) is 1. The minimum Gasteiger partial charge on any atom is -0.317 e. The lowest BCUT2D eigenvalue weighted by molar-refractivity contribution is 0.219. The van der Waals surface area contributed by atoms with E-state index in [9.17, 15) is 0 Å². The van der Waals surface area contributed by atoms with E-state index in [0.29, 0.717) is 0 Å². The first kappa shape index (κ1) is 11.0. The van der Waals surface area contributed by atoms with Crippen LogP contribution in [0.5, 0.6) is 0 Å². The fourth-order valence-corrected chi connectivity index (χ4v) is 3.01. The molecule has 3 fully saturated rings. The highest BCUT2D eigenvalue weighted by molar-refractivity contribution is 4.88. The van der Waals surface area contributed by atoms with Crippen LogP contribution in [0.25, 0.3) is 0 Å². The largest absolute Gasteiger partial charge is 0.317 e. The summed E-state index contributed by atoms with van der Waals surface area (Å²) in [7, 11) is 0. The van der Waals surface area contributed by atoms with Gasteiger partial charge in [0, 0.05) is 12.6 Å². The van der Waals surface area contributed by atoms with Gasteiger partial charge in [-0.3, -0.25) is 0 Å². The van der Waals surface area contributed by atoms with Crippen molar-refractivity contribution >= 4 is 0 Å². The normalized spacial score (nSPS) is 27.6. The van der Waals surface area contributed by atoms with Crippen molar-refractivity contribution in [3.63, 3.8) is 0 Å². The highest BCUT2D eigenvalue weighted by atomic mass is 15.2. The average Bonchev–Trinajstić information content (AvgIpc) is 3.16. The standard InChI is InChI=1S/C14H26N2/c1-2-13(1)11-16(14-3-4-14)10-7-12-5-8-15-9-6-12/h12-15H,1-11H2. The van der Waals surface area contributed by atoms with E-state index >= 15 is 0 Å². The molecule has 16 heavy (non-hydrogen) atoms. The third-order valence-corrected chi connectivity index (χ3v) is 4.54. The molecule has 0 radical (unpaired) electrons. The summed E-state index contributed by atoms with van der Waals surface area (Å²) in [4.78, 5) is 2.82. The van der Waals surface area contributed by atoms with Crippen LogP contribution in [0, 0.1) is 11.8 Å². The lowest BCUT2D eigenvalue weighted by Gasteiger charge is -2.27. The zero-order chi connectivity index (χ0) is 10.8. The molecule has 0 spiro atoms. The van der Waals surface area contributed by atoms with Crippen molar-refractivity contribution in [3.8, 4) is 0 Å². The van der Waals surface area contributed by atoms with Gasteiger partial charge in [0.15, 0.2) is 0 Å². The fraction of sp³-hybridized carbons (Fsp3) is 1.00. The van der Waals surface area contributed by atoms with Crippen LogP contribution in [-0.2, 0) is 0 Å². The van der Waals surface area contributed by atoms with Gasteiger partial charge in [-0.15, -0.1) is 0 Å². The summed E-state index contributed by atoms with van der Waals surface area (Å²) in [5, 5.41) is 3.47. The van der Waals surface area contributed by atoms with Crippen molar-refractivity contribution in [3.05, 3.63) is 0 Å². The van der Waals surface area contributed by atoms with Gasteiger partial charge in [-0.1, -0.05) is 0 Å². The van der Waals surface area contributed by atoms with Gasteiger partial charge >= 0.3 is 0 Å². The molecule has 3 rings (SSSR count). The fourth-order valence-electron chi connectivity index (χ4n) is 3.01. The van der Waals surface area contributed by atoms with Crippen LogP contribution in [0.3, 0.4) is 0 Å². The van der Waals surface area contributed by atoms with Gasteiger partial charge in [0.05, 0.1) is 0 Å². The molecule has 92 valence electrons. The predicted octanol–water partition coefficient (Wildman–Crippen LogP) is 2.25. The molecule has 0 aromatic rings. The van der Waals surface area contributed by atoms with Crippen LogP contribution in [-0.4, -0.2) is 37.1 Å². The van der Waals surface area contributed by atoms with E-state index in [-0.39, 0.29) is 0 Å². The number of nitrogens with one attached hydrogen (secondary N) is 1. The molecule has 0 aromatic heterocycles. The predicted molar refractivity (Wildman–Crippen MR) is 67.5 cm³/mol. The Bertz CT molecular complexity index is 215. The molecular formula is C14H26N2. The molecular weight excluding hydrogens is 196 g/mol. The second-order valence-corrected chi connectivity index (χ2v) is 6.15. The molecule has 1 aliphatic heterocycles. The highest BCUT2D eigenvalue weighted by Gasteiger charge is 2.33. The maximum Gasteiger partial charge on any atom is 0.00965 e. The molecule has 0 atom stereocenters. The Kier molecular flexibility index (Phi) is 3.49. The summed E-state index contributed by atoms with van der Waals surface area (Å²) in [6, 6.07) is 0.988. The first-order valence-electron chi connectivity index (χ1n) is 7.36. The summed E-state index contributed by atoms with van der Waals surface area (Å²) in [5.74, 6) is 2.09. The van der Waals surface area contributed by atoms with Crippen molar-refractivity contribution in [2.75, 3.05) is 26.2 Å². The molecule has 2 aliphatic carbocycles. The van der Waals surface area contributed by atoms with E-state index in [2.05, 4.69) is 10.2 Å². The van der Waals surface area contributed by atoms with E-state index in [1.807, 2.05) is 0 Å². The van der Waals surface area contributed by atoms with Gasteiger partial charge in [-0.2, -0.15) is 0 Å². The van der Waals surface area contributed by atoms with E-state index in [4.69, 9.17) is 0 Å². The Morgan fingerprint density at radius 3 is 2.25 bits per heavy atom. The maximum atomic E-state index is 3.47. The minimum absolute atomic E-state index is 0.988. The summed E-state index contributed by atoms with van der Waals surface area (Å²) < 4.78 is 0. The molecule has 0 aromatic carbocycles. The van der Waals surface area contributed by atoms with Crippen molar-refractivity contribution in [2.45, 2.75) is 51.0 Å². The monoisotopic (exact) mass is 222 g/mol. The van der Waals surface area contributed by atoms with Crippen LogP contribution in [0.4, 0.5) is 0 Å². The number of rotatable bonds is 6. The van der Waals surface area contributed by atoms with Crippen molar-refractivity contribution in [2.24, 2.45) is 11.8 Å². The van der Waals surface area contributed by atoms with Gasteiger partial charge in [0.2, 0.25) is 0 Å². The average molecular weight is 222 g/mol. The molecule has 1 heterocycles. The summed E-state index contributed by atoms with van der Waals surface area (Å²) >= 11 is 0. The third-order valence-electron chi connectivity index (χ3n) is 4.54. The van der Waals surface area contributed by atoms with Gasteiger partial charge in [0.25, 0.3) is 0 Å². The number of hydrogen-bond acceptors (Lipinski definition) is 2. The Morgan fingerprint density at radius 2 is 1.62 bits per heavy atom. The number of nitrogens with zero attached hydrogens (tertiary/aromatic N) is 1. The van der Waals surface area contributed by atoms with Crippen molar-refractivity contribution < 1.29 is 0 Å². The lowest BCUT2D eigenvalue weighted by atomic mass is 9.94. The van der Waals surface area contributed by atoms with Gasteiger partial charge in [0.1, 0.15) is 0 Å². The van der Waals surface area contributed by atoms with E-state index < -0.39 is 0 Å².